The lowest BCUT2D eigenvalue weighted by atomic mass is 10.2. The van der Waals surface area contributed by atoms with Gasteiger partial charge < -0.3 is 11.1 Å². The molecule has 0 atom stereocenters. The van der Waals surface area contributed by atoms with Gasteiger partial charge in [0.05, 0.1) is 18.7 Å². The van der Waals surface area contributed by atoms with E-state index in [0.717, 1.165) is 10.7 Å². The molecule has 5 nitrogen and oxygen atoms in total. The molecule has 0 aliphatic rings. The van der Waals surface area contributed by atoms with Crippen molar-refractivity contribution in [1.29, 1.82) is 0 Å². The van der Waals surface area contributed by atoms with Gasteiger partial charge in [-0.05, 0) is 19.1 Å². The number of nitrogens with zero attached hydrogens (tertiary/aromatic N) is 2. The van der Waals surface area contributed by atoms with Crippen molar-refractivity contribution in [1.82, 2.24) is 15.3 Å². The molecule has 3 N–H and O–H groups in total. The van der Waals surface area contributed by atoms with Crippen LogP contribution in [0.3, 0.4) is 0 Å². The molecule has 6 heteroatoms. The maximum atomic E-state index is 12.1. The van der Waals surface area contributed by atoms with Gasteiger partial charge in [0.25, 0.3) is 5.91 Å². The lowest BCUT2D eigenvalue weighted by Crippen LogP contribution is -2.24. The molecule has 0 aromatic carbocycles. The van der Waals surface area contributed by atoms with Gasteiger partial charge in [-0.2, -0.15) is 0 Å². The summed E-state index contributed by atoms with van der Waals surface area (Å²) >= 11 is 1.51. The van der Waals surface area contributed by atoms with Crippen LogP contribution in [0.15, 0.2) is 23.7 Å². The highest BCUT2D eigenvalue weighted by atomic mass is 32.1. The van der Waals surface area contributed by atoms with Crippen molar-refractivity contribution in [2.45, 2.75) is 13.5 Å². The number of thiazole rings is 1. The van der Waals surface area contributed by atoms with Gasteiger partial charge >= 0.3 is 0 Å². The second-order valence-corrected chi connectivity index (χ2v) is 4.91. The van der Waals surface area contributed by atoms with Crippen molar-refractivity contribution in [3.8, 4) is 11.8 Å². The van der Waals surface area contributed by atoms with Gasteiger partial charge in [0, 0.05) is 17.3 Å². The Kier molecular flexibility index (Phi) is 4.82. The third-order valence-electron chi connectivity index (χ3n) is 2.41. The molecule has 0 saturated heterocycles. The van der Waals surface area contributed by atoms with E-state index in [4.69, 9.17) is 5.73 Å². The van der Waals surface area contributed by atoms with E-state index in [1.54, 1.807) is 18.3 Å². The average molecular weight is 286 g/mol. The second kappa shape index (κ2) is 6.80. The molecule has 0 saturated carbocycles. The predicted molar refractivity (Wildman–Crippen MR) is 78.2 cm³/mol. The molecular formula is C14H14N4OS. The fraction of sp³-hybridized carbons (Fsp3) is 0.214. The number of rotatable bonds is 3. The number of nitrogens with one attached hydrogen (secondary N) is 1. The van der Waals surface area contributed by atoms with E-state index in [2.05, 4.69) is 27.1 Å². The Morgan fingerprint density at radius 2 is 2.40 bits per heavy atom. The van der Waals surface area contributed by atoms with Gasteiger partial charge in [0.2, 0.25) is 0 Å². The van der Waals surface area contributed by atoms with Crippen LogP contribution in [0, 0.1) is 18.8 Å². The summed E-state index contributed by atoms with van der Waals surface area (Å²) in [6.07, 6.45) is 1.57. The summed E-state index contributed by atoms with van der Waals surface area (Å²) in [6.45, 7) is 2.55. The molecule has 0 bridgehead atoms. The molecule has 2 heterocycles. The van der Waals surface area contributed by atoms with Crippen LogP contribution in [0.5, 0.6) is 0 Å². The van der Waals surface area contributed by atoms with Gasteiger partial charge in [0.1, 0.15) is 10.7 Å². The zero-order chi connectivity index (χ0) is 14.4. The maximum absolute atomic E-state index is 12.1. The van der Waals surface area contributed by atoms with Gasteiger partial charge in [-0.1, -0.05) is 11.8 Å². The minimum absolute atomic E-state index is 0.244. The van der Waals surface area contributed by atoms with Gasteiger partial charge in [-0.15, -0.1) is 11.3 Å². The minimum atomic E-state index is -0.264. The number of carbonyl (C=O) groups is 1. The Labute approximate surface area is 121 Å². The monoisotopic (exact) mass is 286 g/mol. The molecule has 2 aromatic rings. The minimum Gasteiger partial charge on any atom is -0.344 e. The highest BCUT2D eigenvalue weighted by Gasteiger charge is 2.11. The molecule has 1 amide bonds. The van der Waals surface area contributed by atoms with Crippen LogP contribution in [0.1, 0.15) is 26.8 Å². The van der Waals surface area contributed by atoms with Gasteiger partial charge in [0.15, 0.2) is 0 Å². The lowest BCUT2D eigenvalue weighted by molar-refractivity contribution is 0.0945. The Hall–Kier alpha value is -2.23. The van der Waals surface area contributed by atoms with Gasteiger partial charge in [-0.25, -0.2) is 9.97 Å². The number of amides is 1. The average Bonchev–Trinajstić information content (AvgIpc) is 2.88. The van der Waals surface area contributed by atoms with Crippen molar-refractivity contribution < 1.29 is 4.79 Å². The first-order chi connectivity index (χ1) is 9.70. The molecule has 0 unspecified atom stereocenters. The van der Waals surface area contributed by atoms with E-state index in [-0.39, 0.29) is 12.5 Å². The van der Waals surface area contributed by atoms with E-state index < -0.39 is 0 Å². The number of aromatic nitrogens is 2. The van der Waals surface area contributed by atoms with Gasteiger partial charge in [-0.3, -0.25) is 4.79 Å². The third kappa shape index (κ3) is 3.63. The Balaban J connectivity index is 2.09. The van der Waals surface area contributed by atoms with Crippen LogP contribution in [0.2, 0.25) is 0 Å². The predicted octanol–water partition coefficient (Wildman–Crippen LogP) is 1.09. The fourth-order valence-electron chi connectivity index (χ4n) is 1.56. The van der Waals surface area contributed by atoms with Crippen LogP contribution in [0.4, 0.5) is 0 Å². The quantitative estimate of drug-likeness (QED) is 0.828. The van der Waals surface area contributed by atoms with Crippen LogP contribution in [-0.4, -0.2) is 22.4 Å². The van der Waals surface area contributed by atoms with E-state index in [9.17, 15) is 4.79 Å². The second-order valence-electron chi connectivity index (χ2n) is 3.97. The van der Waals surface area contributed by atoms with Crippen molar-refractivity contribution in [3.63, 3.8) is 0 Å². The lowest BCUT2D eigenvalue weighted by Gasteiger charge is -2.04. The van der Waals surface area contributed by atoms with Crippen LogP contribution >= 0.6 is 11.3 Å². The summed E-state index contributed by atoms with van der Waals surface area (Å²) in [5.74, 6) is 5.31. The van der Waals surface area contributed by atoms with Crippen LogP contribution in [0.25, 0.3) is 0 Å². The molecular weight excluding hydrogens is 272 g/mol. The molecule has 102 valence electrons. The summed E-state index contributed by atoms with van der Waals surface area (Å²) in [6, 6.07) is 3.49. The number of nitrogens with two attached hydrogens (primary N) is 1. The highest BCUT2D eigenvalue weighted by Crippen LogP contribution is 2.09. The fourth-order valence-corrected chi connectivity index (χ4v) is 2.27. The maximum Gasteiger partial charge on any atom is 0.271 e. The first-order valence-corrected chi connectivity index (χ1v) is 6.92. The first kappa shape index (κ1) is 14.2. The number of pyridine rings is 1. The van der Waals surface area contributed by atoms with Crippen molar-refractivity contribution >= 4 is 17.2 Å². The van der Waals surface area contributed by atoms with Crippen LogP contribution < -0.4 is 11.1 Å². The van der Waals surface area contributed by atoms with E-state index >= 15 is 0 Å². The highest BCUT2D eigenvalue weighted by molar-refractivity contribution is 7.09. The third-order valence-corrected chi connectivity index (χ3v) is 3.38. The summed E-state index contributed by atoms with van der Waals surface area (Å²) in [5, 5.41) is 5.60. The largest absolute Gasteiger partial charge is 0.344 e. The number of hydrogen-bond acceptors (Lipinski definition) is 5. The topological polar surface area (TPSA) is 80.9 Å². The van der Waals surface area contributed by atoms with E-state index in [1.807, 2.05) is 12.3 Å². The SMILES string of the molecule is Cc1csc(CNC(=O)c2ncccc2C#CCN)n1. The molecule has 0 aliphatic carbocycles. The summed E-state index contributed by atoms with van der Waals surface area (Å²) in [5.41, 5.74) is 7.17. The standard InChI is InChI=1S/C14H14N4OS/c1-10-9-20-12(18-10)8-17-14(19)13-11(4-2-6-15)5-3-7-16-13/h3,5,7,9H,6,8,15H2,1H3,(H,17,19). The van der Waals surface area contributed by atoms with E-state index in [1.165, 1.54) is 11.3 Å². The first-order valence-electron chi connectivity index (χ1n) is 6.04. The Bertz CT molecular complexity index is 669. The van der Waals surface area contributed by atoms with Crippen LogP contribution in [-0.2, 0) is 6.54 Å². The van der Waals surface area contributed by atoms with Crippen molar-refractivity contribution in [2.75, 3.05) is 6.54 Å². The summed E-state index contributed by atoms with van der Waals surface area (Å²) in [7, 11) is 0. The summed E-state index contributed by atoms with van der Waals surface area (Å²) in [4.78, 5) is 20.5. The normalized spacial score (nSPS) is 9.70. The van der Waals surface area contributed by atoms with E-state index in [0.29, 0.717) is 17.8 Å². The molecule has 0 fully saturated rings. The zero-order valence-corrected chi connectivity index (χ0v) is 11.8. The zero-order valence-electron chi connectivity index (χ0n) is 11.0. The molecule has 0 spiro atoms. The molecule has 2 rings (SSSR count). The van der Waals surface area contributed by atoms with Crippen molar-refractivity contribution in [3.05, 3.63) is 45.7 Å². The Morgan fingerprint density at radius 3 is 3.10 bits per heavy atom. The van der Waals surface area contributed by atoms with Crippen molar-refractivity contribution in [2.24, 2.45) is 5.73 Å². The summed E-state index contributed by atoms with van der Waals surface area (Å²) < 4.78 is 0. The molecule has 0 radical (unpaired) electrons. The molecule has 20 heavy (non-hydrogen) atoms. The number of hydrogen-bond donors (Lipinski definition) is 2. The number of carbonyl (C=O) groups excluding carboxylic acids is 1. The molecule has 0 aliphatic heterocycles. The molecule has 2 aromatic heterocycles. The number of aryl methyl sites for hydroxylation is 1. The Morgan fingerprint density at radius 1 is 1.55 bits per heavy atom. The smallest absolute Gasteiger partial charge is 0.271 e.